The van der Waals surface area contributed by atoms with Gasteiger partial charge in [-0.25, -0.2) is 13.1 Å². The Morgan fingerprint density at radius 2 is 1.97 bits per heavy atom. The molecule has 1 unspecified atom stereocenters. The number of allylic oxidation sites excluding steroid dienone is 1. The predicted octanol–water partition coefficient (Wildman–Crippen LogP) is 4.39. The molecule has 1 aromatic carbocycles. The molecule has 2 heterocycles. The highest BCUT2D eigenvalue weighted by molar-refractivity contribution is 7.93. The van der Waals surface area contributed by atoms with Crippen LogP contribution < -0.4 is 9.46 Å². The number of likely N-dealkylation sites (tertiary alicyclic amines) is 1. The molecule has 1 aliphatic heterocycles. The van der Waals surface area contributed by atoms with Gasteiger partial charge in [0.25, 0.3) is 0 Å². The fourth-order valence-corrected chi connectivity index (χ4v) is 6.13. The highest BCUT2D eigenvalue weighted by Crippen LogP contribution is 2.31. The lowest BCUT2D eigenvalue weighted by atomic mass is 9.97. The lowest BCUT2D eigenvalue weighted by Crippen LogP contribution is -2.37. The van der Waals surface area contributed by atoms with Crippen LogP contribution in [0, 0.1) is 0 Å². The minimum atomic E-state index is -3.63. The zero-order valence-electron chi connectivity index (χ0n) is 16.4. The van der Waals surface area contributed by atoms with E-state index in [1.54, 1.807) is 29.5 Å². The molecular weight excluding hydrogens is 430 g/mol. The molecule has 1 N–H and O–H groups in total. The Labute approximate surface area is 179 Å². The third kappa shape index (κ3) is 4.91. The summed E-state index contributed by atoms with van der Waals surface area (Å²) < 4.78 is 58.0. The van der Waals surface area contributed by atoms with Gasteiger partial charge in [0.1, 0.15) is 5.75 Å². The van der Waals surface area contributed by atoms with Crippen molar-refractivity contribution in [3.8, 4) is 5.75 Å². The van der Waals surface area contributed by atoms with Gasteiger partial charge < -0.3 is 4.74 Å². The molecule has 1 saturated heterocycles. The van der Waals surface area contributed by atoms with E-state index in [-0.39, 0.29) is 11.8 Å². The largest absolute Gasteiger partial charge is 0.435 e. The van der Waals surface area contributed by atoms with E-state index >= 15 is 0 Å². The first kappa shape index (κ1) is 21.4. The molecule has 0 spiro atoms. The molecule has 0 saturated carbocycles. The van der Waals surface area contributed by atoms with Crippen LogP contribution in [0.2, 0.25) is 0 Å². The first-order valence-corrected chi connectivity index (χ1v) is 12.3. The van der Waals surface area contributed by atoms with Crippen molar-refractivity contribution in [3.05, 3.63) is 56.6 Å². The van der Waals surface area contributed by atoms with Gasteiger partial charge in [0.05, 0.1) is 10.9 Å². The minimum absolute atomic E-state index is 0.0350. The van der Waals surface area contributed by atoms with Crippen LogP contribution in [0.3, 0.4) is 0 Å². The van der Waals surface area contributed by atoms with Gasteiger partial charge in [0.2, 0.25) is 10.0 Å². The molecule has 9 heteroatoms. The summed E-state index contributed by atoms with van der Waals surface area (Å²) in [6, 6.07) is 8.69. The number of hydrogen-bond acceptors (Lipinski definition) is 5. The second-order valence-corrected chi connectivity index (χ2v) is 10.3. The minimum Gasteiger partial charge on any atom is -0.435 e. The molecule has 2 aromatic rings. The van der Waals surface area contributed by atoms with Crippen LogP contribution in [0.5, 0.6) is 5.75 Å². The van der Waals surface area contributed by atoms with E-state index in [2.05, 4.69) is 20.4 Å². The van der Waals surface area contributed by atoms with Crippen LogP contribution in [0.4, 0.5) is 8.78 Å². The van der Waals surface area contributed by atoms with Crippen molar-refractivity contribution >= 4 is 27.4 Å². The van der Waals surface area contributed by atoms with Gasteiger partial charge in [-0.05, 0) is 79.6 Å². The van der Waals surface area contributed by atoms with Crippen LogP contribution in [-0.2, 0) is 16.4 Å². The van der Waals surface area contributed by atoms with E-state index in [0.717, 1.165) is 41.9 Å². The SMILES string of the molecule is O=S(=O)(NCC(c1cccs1)N1CCCC1)C1=Cc2ccc(OC(F)F)cc2CC1. The second-order valence-electron chi connectivity index (χ2n) is 7.48. The molecule has 1 aliphatic carbocycles. The highest BCUT2D eigenvalue weighted by atomic mass is 32.2. The third-order valence-electron chi connectivity index (χ3n) is 5.56. The van der Waals surface area contributed by atoms with Crippen molar-refractivity contribution in [2.45, 2.75) is 38.3 Å². The Kier molecular flexibility index (Phi) is 6.52. The second kappa shape index (κ2) is 9.13. The molecule has 30 heavy (non-hydrogen) atoms. The first-order chi connectivity index (χ1) is 14.4. The van der Waals surface area contributed by atoms with E-state index in [1.807, 2.05) is 11.4 Å². The monoisotopic (exact) mass is 454 g/mol. The summed E-state index contributed by atoms with van der Waals surface area (Å²) in [4.78, 5) is 3.82. The molecular formula is C21H24F2N2O3S2. The van der Waals surface area contributed by atoms with Gasteiger partial charge in [-0.15, -0.1) is 11.3 Å². The number of aryl methyl sites for hydroxylation is 1. The number of nitrogens with zero attached hydrogens (tertiary/aromatic N) is 1. The number of thiophene rings is 1. The Bertz CT molecular complexity index is 1000. The summed E-state index contributed by atoms with van der Waals surface area (Å²) in [6.45, 7) is -0.602. The number of fused-ring (bicyclic) bond motifs is 1. The van der Waals surface area contributed by atoms with Gasteiger partial charge in [-0.3, -0.25) is 4.90 Å². The molecule has 0 radical (unpaired) electrons. The number of hydrogen-bond donors (Lipinski definition) is 1. The van der Waals surface area contributed by atoms with E-state index in [4.69, 9.17) is 0 Å². The van der Waals surface area contributed by atoms with Crippen molar-refractivity contribution in [2.75, 3.05) is 19.6 Å². The van der Waals surface area contributed by atoms with Crippen molar-refractivity contribution in [1.29, 1.82) is 0 Å². The Balaban J connectivity index is 1.48. The fraction of sp³-hybridized carbons (Fsp3) is 0.429. The van der Waals surface area contributed by atoms with Gasteiger partial charge in [-0.2, -0.15) is 8.78 Å². The van der Waals surface area contributed by atoms with Crippen molar-refractivity contribution in [1.82, 2.24) is 9.62 Å². The zero-order valence-corrected chi connectivity index (χ0v) is 18.0. The van der Waals surface area contributed by atoms with E-state index in [0.29, 0.717) is 24.3 Å². The molecule has 4 rings (SSSR count). The summed E-state index contributed by atoms with van der Waals surface area (Å²) in [5.41, 5.74) is 1.53. The average Bonchev–Trinajstić information content (AvgIpc) is 3.42. The first-order valence-electron chi connectivity index (χ1n) is 9.98. The molecule has 1 aromatic heterocycles. The smallest absolute Gasteiger partial charge is 0.387 e. The molecule has 1 atom stereocenters. The standard InChI is InChI=1S/C21H24F2N2O3S2/c22-21(23)28-17-7-5-16-13-18(8-6-15(16)12-17)30(26,27)24-14-19(20-4-3-11-29-20)25-9-1-2-10-25/h3-5,7,11-13,19,21,24H,1-2,6,8-10,14H2. The summed E-state index contributed by atoms with van der Waals surface area (Å²) in [5, 5.41) is 2.01. The number of alkyl halides is 2. The maximum atomic E-state index is 13.0. The summed E-state index contributed by atoms with van der Waals surface area (Å²) in [7, 11) is -3.63. The van der Waals surface area contributed by atoms with Crippen LogP contribution in [0.25, 0.3) is 6.08 Å². The van der Waals surface area contributed by atoms with E-state index in [1.165, 1.54) is 6.07 Å². The molecule has 0 bridgehead atoms. The average molecular weight is 455 g/mol. The number of benzene rings is 1. The lowest BCUT2D eigenvalue weighted by Gasteiger charge is -2.27. The van der Waals surface area contributed by atoms with Crippen LogP contribution in [0.15, 0.2) is 40.6 Å². The molecule has 5 nitrogen and oxygen atoms in total. The van der Waals surface area contributed by atoms with Crippen molar-refractivity contribution < 1.29 is 21.9 Å². The number of halogens is 2. The molecule has 162 valence electrons. The quantitative estimate of drug-likeness (QED) is 0.643. The molecule has 1 fully saturated rings. The number of rotatable bonds is 8. The molecule has 2 aliphatic rings. The van der Waals surface area contributed by atoms with Gasteiger partial charge >= 0.3 is 6.61 Å². The van der Waals surface area contributed by atoms with Crippen LogP contribution >= 0.6 is 11.3 Å². The maximum Gasteiger partial charge on any atom is 0.387 e. The van der Waals surface area contributed by atoms with Gasteiger partial charge in [0, 0.05) is 11.4 Å². The van der Waals surface area contributed by atoms with Crippen LogP contribution in [0.1, 0.15) is 41.3 Å². The summed E-state index contributed by atoms with van der Waals surface area (Å²) in [5.74, 6) is 0.0889. The number of sulfonamides is 1. The Morgan fingerprint density at radius 3 is 2.67 bits per heavy atom. The fourth-order valence-electron chi connectivity index (χ4n) is 4.06. The van der Waals surface area contributed by atoms with Crippen molar-refractivity contribution in [2.24, 2.45) is 0 Å². The van der Waals surface area contributed by atoms with E-state index < -0.39 is 16.6 Å². The van der Waals surface area contributed by atoms with Gasteiger partial charge in [-0.1, -0.05) is 12.1 Å². The summed E-state index contributed by atoms with van der Waals surface area (Å²) in [6.07, 6.45) is 4.68. The topological polar surface area (TPSA) is 58.6 Å². The normalized spacial score (nSPS) is 18.3. The Morgan fingerprint density at radius 1 is 1.17 bits per heavy atom. The maximum absolute atomic E-state index is 13.0. The lowest BCUT2D eigenvalue weighted by molar-refractivity contribution is -0.0498. The van der Waals surface area contributed by atoms with E-state index in [9.17, 15) is 17.2 Å². The summed E-state index contributed by atoms with van der Waals surface area (Å²) >= 11 is 1.64. The zero-order chi connectivity index (χ0) is 21.1. The molecule has 0 amide bonds. The number of ether oxygens (including phenoxy) is 1. The number of nitrogens with one attached hydrogen (secondary N) is 1. The van der Waals surface area contributed by atoms with Crippen LogP contribution in [-0.4, -0.2) is 39.6 Å². The van der Waals surface area contributed by atoms with Crippen molar-refractivity contribution in [3.63, 3.8) is 0 Å². The predicted molar refractivity (Wildman–Crippen MR) is 114 cm³/mol. The highest BCUT2D eigenvalue weighted by Gasteiger charge is 2.28. The van der Waals surface area contributed by atoms with Gasteiger partial charge in [0.15, 0.2) is 0 Å². The Hall–Kier alpha value is -1.81. The third-order valence-corrected chi connectivity index (χ3v) is 8.09.